The van der Waals surface area contributed by atoms with Crippen molar-refractivity contribution in [3.63, 3.8) is 0 Å². The summed E-state index contributed by atoms with van der Waals surface area (Å²) in [6.45, 7) is 0. The zero-order valence-corrected chi connectivity index (χ0v) is 70.2. The molecule has 0 spiro atoms. The van der Waals surface area contributed by atoms with Crippen molar-refractivity contribution in [3.8, 4) is 122 Å². The van der Waals surface area contributed by atoms with E-state index in [0.29, 0.717) is 0 Å². The first-order valence-corrected chi connectivity index (χ1v) is 41.5. The van der Waals surface area contributed by atoms with Crippen LogP contribution in [0.25, 0.3) is 285 Å². The Morgan fingerprint density at radius 2 is 0.355 bits per heavy atom. The van der Waals surface area contributed by atoms with E-state index in [9.17, 15) is 35.6 Å². The lowest BCUT2D eigenvalue weighted by Crippen LogP contribution is -1.93. The molecule has 0 amide bonds. The molecule has 0 fully saturated rings. The van der Waals surface area contributed by atoms with Crippen LogP contribution < -0.4 is 0 Å². The molecule has 0 N–H and O–H groups in total. The van der Waals surface area contributed by atoms with Crippen molar-refractivity contribution >= 4 is 163 Å². The topological polar surface area (TPSA) is 39.4 Å². The molecule has 0 bridgehead atoms. The largest absolute Gasteiger partial charge is 0.455 e. The second-order valence-electron chi connectivity index (χ2n) is 30.3. The van der Waals surface area contributed by atoms with E-state index in [0.717, 1.165) is 0 Å². The van der Waals surface area contributed by atoms with E-state index in [-0.39, 0.29) is 0 Å². The first-order valence-electron chi connectivity index (χ1n) is 84.5. The molecule has 656 valence electrons. The monoisotopic (exact) mass is 1880 g/mol. The fourth-order valence-electron chi connectivity index (χ4n) is 17.2. The molecular formula is C138H86O3. The summed E-state index contributed by atoms with van der Waals surface area (Å²) < 4.78 is 794. The summed E-state index contributed by atoms with van der Waals surface area (Å²) in [5.74, 6) is 0. The fraction of sp³-hybridized carbons (Fsp3) is 0. The summed E-state index contributed by atoms with van der Waals surface area (Å²) in [6.07, 6.45) is 0. The Morgan fingerprint density at radius 1 is 0.121 bits per heavy atom. The van der Waals surface area contributed by atoms with Gasteiger partial charge in [-0.1, -0.05) is 459 Å². The number of benzene rings is 26. The van der Waals surface area contributed by atoms with Gasteiger partial charge in [0.25, 0.3) is 0 Å². The van der Waals surface area contributed by atoms with Gasteiger partial charge in [0, 0.05) is 48.5 Å². The molecule has 0 atom stereocenters. The highest BCUT2D eigenvalue weighted by Gasteiger charge is 2.28. The van der Waals surface area contributed by atoms with Crippen molar-refractivity contribution in [2.75, 3.05) is 0 Å². The van der Waals surface area contributed by atoms with Gasteiger partial charge < -0.3 is 13.3 Å². The summed E-state index contributed by atoms with van der Waals surface area (Å²) in [7, 11) is 0. The molecule has 3 nitrogen and oxygen atoms in total. The lowest BCUT2D eigenvalue weighted by molar-refractivity contribution is 0.672. The lowest BCUT2D eigenvalue weighted by atomic mass is 9.83. The Kier molecular flexibility index (Phi) is 8.01. The second kappa shape index (κ2) is 34.4. The highest BCUT2D eigenvalue weighted by atomic mass is 16.3. The first kappa shape index (κ1) is 32.9. The minimum Gasteiger partial charge on any atom is -0.455 e. The van der Waals surface area contributed by atoms with Gasteiger partial charge in [-0.3, -0.25) is 0 Å². The quantitative estimate of drug-likeness (QED) is 0.121. The van der Waals surface area contributed by atoms with Crippen molar-refractivity contribution in [1.82, 2.24) is 0 Å². The Hall–Kier alpha value is -18.5. The molecule has 0 saturated heterocycles. The molecule has 29 aromatic rings. The normalized spacial score (nSPS) is 20.2. The molecular weight excluding hydrogens is 1710 g/mol. The zero-order chi connectivity index (χ0) is 168. The van der Waals surface area contributed by atoms with Crippen LogP contribution in [-0.2, 0) is 0 Å². The third-order valence-corrected chi connectivity index (χ3v) is 22.9. The number of fused-ring (bicyclic) bond motifs is 21. The molecule has 29 rings (SSSR count). The van der Waals surface area contributed by atoms with Crippen molar-refractivity contribution in [1.29, 1.82) is 0 Å². The van der Waals surface area contributed by atoms with Crippen molar-refractivity contribution in [2.24, 2.45) is 0 Å². The number of hydrogen-bond donors (Lipinski definition) is 0. The van der Waals surface area contributed by atoms with Gasteiger partial charge >= 0.3 is 0 Å². The average molecular weight is 1880 g/mol. The van der Waals surface area contributed by atoms with Gasteiger partial charge in [-0.25, -0.2) is 0 Å². The van der Waals surface area contributed by atoms with Crippen LogP contribution in [0.4, 0.5) is 0 Å². The third-order valence-electron chi connectivity index (χ3n) is 22.9. The summed E-state index contributed by atoms with van der Waals surface area (Å²) in [5.41, 5.74) is -22.7. The molecule has 3 aromatic heterocycles. The van der Waals surface area contributed by atoms with E-state index in [2.05, 4.69) is 0 Å². The molecule has 0 saturated carbocycles. The van der Waals surface area contributed by atoms with E-state index >= 15 is 0 Å². The molecule has 0 aliphatic carbocycles. The highest BCUT2D eigenvalue weighted by Crippen LogP contribution is 2.55. The predicted molar refractivity (Wildman–Crippen MR) is 599 cm³/mol. The summed E-state index contributed by atoms with van der Waals surface area (Å²) >= 11 is 0. The van der Waals surface area contributed by atoms with E-state index in [4.69, 9.17) is 95.5 Å². The van der Waals surface area contributed by atoms with Gasteiger partial charge in [0.15, 0.2) is 0 Å². The van der Waals surface area contributed by atoms with Gasteiger partial charge in [0.05, 0.1) is 118 Å². The maximum absolute atomic E-state index is 10.1. The minimum atomic E-state index is -1.20. The van der Waals surface area contributed by atoms with Crippen molar-refractivity contribution in [3.05, 3.63) is 520 Å². The lowest BCUT2D eigenvalue weighted by Gasteiger charge is -2.20. The SMILES string of the molecule is [2H]c1c([2H])c([2H])c(-c2c([2H])c(-c3c([2H])c([2H])c([2H])c([2H])c3[2H])c([2H])c(-c3c4c([2H])c([2H])c([2H])c([2H])c4c(-c4c([2H])c([2H])c([2H])c5oc6c7c([2H])c([2H])c([2H])c([2H])c7c([2H])c([2H])c6c45)c4c([2H])c([2H])c([2H])c([2H])c34)c2[2H])c([2H])c1[2H].[2H]c1c([2H])c([2H])c(-c2c([2H])c([2H])c(-c3c4c([2H])c([2H])c([2H])c([2H])c4c(-c4c([2H])c([2H])c([2H])c5oc6c7c([2H])c([2H])c([2H])c([2H])c7c([2H])c([2H])c6c45)c4c([2H])c([2H])c([2H])c([2H])c34)c([2H])c2-c2c([2H])c([2H])c([2H])c([2H])c2[2H])c([2H])c1[2H].[2H]c1c([2H])c([2H])c(-c2c([2H])c([2H])c([2H])c([2H])c2-c2c3c([2H])c([2H])c([2H])c([2H])c3c(-c3c([2H])c([2H])c([2H])c4oc5c6c([2H])c([2H])c([2H])c([2H])c6c([2H])c([2H])c5c34)c3c([2H])c([2H])c([2H])c([2H])c23)c([2H])c1[2H]. The van der Waals surface area contributed by atoms with Crippen LogP contribution in [-0.4, -0.2) is 0 Å². The van der Waals surface area contributed by atoms with Gasteiger partial charge in [0.1, 0.15) is 33.5 Å². The number of rotatable bonds is 11. The van der Waals surface area contributed by atoms with Crippen LogP contribution in [0.1, 0.15) is 118 Å². The van der Waals surface area contributed by atoms with Crippen LogP contribution in [0.5, 0.6) is 0 Å². The standard InChI is InChI=1S/2C48H30O.C42H26O/c1-3-14-31(15-4-1)35-28-27-34(30-43(35)32-16-5-2-6-17-32)45-37-20-9-11-22-39(37)46(40-23-12-10-21-38(40)45)41-24-13-25-44-47(41)42-29-26-33-18-7-8-19-36(33)48(42)49-44;1-3-14-31(15-4-1)34-28-35(32-16-5-2-6-17-32)30-36(29-34)45-38-20-9-11-22-40(38)46(41-23-12-10-21-39(41)45)42-24-13-25-44-47(42)43-27-26-33-18-7-8-19-37(33)48(43)49-44;1-2-13-27(14-3-1)29-16-6-7-18-31(29)39-32-19-8-10-21-34(32)40(35-22-11-9-20-33(35)39)36-23-12-24-38-41(36)37-26-25-28-15-4-5-17-30(28)42(37)43-38/h2*1-30H;1-26H/i2*1D,2D,3D,4D,5D,6D,7D,8D,9D,10D,11D,12D,13D,14D,15D,16D,17D,18D,19D,20D,21D,22D,23D,24D,25D,26D,27D,28D,29D,30D;1D,2D,3D,4D,5D,6D,7D,8D,9D,10D,11D,12D,13D,14D,15D,16D,17D,18D,19D,20D,21D,22D,23D,24D,25D,26D. The fourth-order valence-corrected chi connectivity index (χ4v) is 17.2. The van der Waals surface area contributed by atoms with E-state index in [1.807, 2.05) is 0 Å². The molecule has 0 unspecified atom stereocenters. The number of furan rings is 3. The van der Waals surface area contributed by atoms with E-state index in [1.54, 1.807) is 0 Å². The summed E-state index contributed by atoms with van der Waals surface area (Å²) in [5, 5.41) is -16.0. The smallest absolute Gasteiger partial charge is 0.143 e. The zero-order valence-electron chi connectivity index (χ0n) is 156. The maximum Gasteiger partial charge on any atom is 0.143 e. The Morgan fingerprint density at radius 3 is 0.681 bits per heavy atom. The van der Waals surface area contributed by atoms with E-state index in [1.165, 1.54) is 0 Å². The maximum atomic E-state index is 10.1. The Bertz CT molecular complexity index is 15300. The Balaban J connectivity index is 0.000000151. The molecule has 0 radical (unpaired) electrons. The van der Waals surface area contributed by atoms with Crippen molar-refractivity contribution in [2.45, 2.75) is 0 Å². The van der Waals surface area contributed by atoms with Gasteiger partial charge in [0.2, 0.25) is 0 Å². The summed E-state index contributed by atoms with van der Waals surface area (Å²) in [6, 6.07) is -84.6. The molecule has 26 aromatic carbocycles. The molecule has 0 aliphatic rings. The predicted octanol–water partition coefficient (Wildman–Crippen LogP) is 39.5. The molecule has 3 heterocycles. The van der Waals surface area contributed by atoms with Gasteiger partial charge in [-0.15, -0.1) is 0 Å². The molecule has 3 heteroatoms. The van der Waals surface area contributed by atoms with Gasteiger partial charge in [-0.05, 0) is 264 Å². The van der Waals surface area contributed by atoms with Crippen molar-refractivity contribution < 1.29 is 131 Å². The minimum absolute atomic E-state index is 0.455. The van der Waals surface area contributed by atoms with Crippen LogP contribution in [0.3, 0.4) is 0 Å². The molecule has 141 heavy (non-hydrogen) atoms. The number of hydrogen-bond acceptors (Lipinski definition) is 3. The Labute approximate surface area is 935 Å². The summed E-state index contributed by atoms with van der Waals surface area (Å²) in [4.78, 5) is 0. The van der Waals surface area contributed by atoms with E-state index < -0.39 is 805 Å². The third kappa shape index (κ3) is 13.9. The van der Waals surface area contributed by atoms with Crippen LogP contribution in [0.2, 0.25) is 0 Å². The average Bonchev–Trinajstić information content (AvgIpc) is 1.59. The van der Waals surface area contributed by atoms with Gasteiger partial charge in [-0.2, -0.15) is 0 Å². The highest BCUT2D eigenvalue weighted by molar-refractivity contribution is 6.32. The van der Waals surface area contributed by atoms with Crippen LogP contribution >= 0.6 is 0 Å². The second-order valence-corrected chi connectivity index (χ2v) is 30.3. The van der Waals surface area contributed by atoms with Crippen LogP contribution in [0, 0.1) is 0 Å². The first-order chi connectivity index (χ1) is 106. The van der Waals surface area contributed by atoms with Crippen LogP contribution in [0.15, 0.2) is 533 Å². The molecule has 0 aliphatic heterocycles.